The monoisotopic (exact) mass is 386 g/mol. The van der Waals surface area contributed by atoms with Crippen molar-refractivity contribution in [3.05, 3.63) is 77.3 Å². The van der Waals surface area contributed by atoms with Gasteiger partial charge >= 0.3 is 0 Å². The molecule has 0 aliphatic rings. The highest BCUT2D eigenvalue weighted by atomic mass is 35.5. The summed E-state index contributed by atoms with van der Waals surface area (Å²) >= 11 is 9.33. The van der Waals surface area contributed by atoms with Crippen LogP contribution in [0.3, 0.4) is 0 Å². The smallest absolute Gasteiger partial charge is 0.123 e. The summed E-state index contributed by atoms with van der Waals surface area (Å²) in [6, 6.07) is 16.4. The van der Waals surface area contributed by atoms with Crippen molar-refractivity contribution in [3.63, 3.8) is 0 Å². The second-order valence-electron chi connectivity index (χ2n) is 5.43. The molecule has 2 aromatic heterocycles. The molecule has 0 spiro atoms. The van der Waals surface area contributed by atoms with Crippen molar-refractivity contribution >= 4 is 44.9 Å². The molecule has 0 aliphatic heterocycles. The number of aromatic nitrogens is 2. The maximum Gasteiger partial charge on any atom is 0.123 e. The Morgan fingerprint density at radius 2 is 1.88 bits per heavy atom. The maximum atomic E-state index is 13.1. The fraction of sp³-hybridized carbons (Fsp3) is 0.0526. The van der Waals surface area contributed by atoms with Crippen molar-refractivity contribution in [3.8, 4) is 10.4 Å². The number of rotatable bonds is 4. The van der Waals surface area contributed by atoms with Crippen LogP contribution in [0.2, 0.25) is 5.02 Å². The lowest BCUT2D eigenvalue weighted by molar-refractivity contribution is 0.628. The van der Waals surface area contributed by atoms with E-state index in [4.69, 9.17) is 11.6 Å². The molecule has 2 aromatic carbocycles. The van der Waals surface area contributed by atoms with Gasteiger partial charge in [-0.2, -0.15) is 0 Å². The Balaban J connectivity index is 1.64. The lowest BCUT2D eigenvalue weighted by atomic mass is 10.2. The predicted octanol–water partition coefficient (Wildman–Crippen LogP) is 6.44. The van der Waals surface area contributed by atoms with Crippen LogP contribution in [-0.2, 0) is 5.75 Å². The zero-order chi connectivity index (χ0) is 17.2. The van der Waals surface area contributed by atoms with Gasteiger partial charge < -0.3 is 0 Å². The summed E-state index contributed by atoms with van der Waals surface area (Å²) < 4.78 is 14.2. The molecule has 0 atom stereocenters. The molecule has 124 valence electrons. The van der Waals surface area contributed by atoms with Crippen molar-refractivity contribution < 1.29 is 4.39 Å². The third-order valence-corrected chi connectivity index (χ3v) is 6.28. The van der Waals surface area contributed by atoms with E-state index >= 15 is 0 Å². The number of hydrogen-bond donors (Lipinski definition) is 0. The molecule has 0 fully saturated rings. The molecule has 2 heterocycles. The van der Waals surface area contributed by atoms with E-state index in [2.05, 4.69) is 16.0 Å². The van der Waals surface area contributed by atoms with Gasteiger partial charge in [-0.1, -0.05) is 35.9 Å². The van der Waals surface area contributed by atoms with Crippen LogP contribution in [0.5, 0.6) is 0 Å². The lowest BCUT2D eigenvalue weighted by Gasteiger charge is -2.02. The van der Waals surface area contributed by atoms with Gasteiger partial charge in [0, 0.05) is 15.7 Å². The molecule has 2 nitrogen and oxygen atoms in total. The van der Waals surface area contributed by atoms with Crippen molar-refractivity contribution in [1.29, 1.82) is 0 Å². The fourth-order valence-corrected chi connectivity index (χ4v) is 4.83. The molecule has 25 heavy (non-hydrogen) atoms. The molecule has 4 aromatic rings. The summed E-state index contributed by atoms with van der Waals surface area (Å²) in [6.45, 7) is 0. The minimum atomic E-state index is -0.234. The summed E-state index contributed by atoms with van der Waals surface area (Å²) in [4.78, 5) is 9.86. The molecular formula is C19H12ClFN2S2. The van der Waals surface area contributed by atoms with Gasteiger partial charge in [-0.25, -0.2) is 14.4 Å². The first-order valence-electron chi connectivity index (χ1n) is 7.57. The summed E-state index contributed by atoms with van der Waals surface area (Å²) in [6.07, 6.45) is 1.59. The van der Waals surface area contributed by atoms with Gasteiger partial charge in [0.1, 0.15) is 17.2 Å². The largest absolute Gasteiger partial charge is 0.235 e. The van der Waals surface area contributed by atoms with Crippen LogP contribution in [0.4, 0.5) is 4.39 Å². The zero-order valence-electron chi connectivity index (χ0n) is 12.9. The molecule has 0 aliphatic carbocycles. The Kier molecular flexibility index (Phi) is 4.70. The van der Waals surface area contributed by atoms with Crippen molar-refractivity contribution in [2.24, 2.45) is 0 Å². The number of hydrogen-bond acceptors (Lipinski definition) is 4. The van der Waals surface area contributed by atoms with Gasteiger partial charge in [-0.15, -0.1) is 23.1 Å². The first-order chi connectivity index (χ1) is 12.2. The van der Waals surface area contributed by atoms with E-state index in [-0.39, 0.29) is 5.82 Å². The Morgan fingerprint density at radius 3 is 2.68 bits per heavy atom. The Hall–Kier alpha value is -1.95. The molecule has 0 unspecified atom stereocenters. The number of halogens is 2. The van der Waals surface area contributed by atoms with Crippen LogP contribution in [0.25, 0.3) is 20.7 Å². The standard InChI is InChI=1S/C19H12ClFN2S2/c20-14-3-1-2-12(8-14)10-24-19-18-16(22-11-23-19)9-17(25-18)13-4-6-15(21)7-5-13/h1-9,11H,10H2. The van der Waals surface area contributed by atoms with Crippen LogP contribution >= 0.6 is 34.7 Å². The molecule has 6 heteroatoms. The highest BCUT2D eigenvalue weighted by Crippen LogP contribution is 2.37. The fourth-order valence-electron chi connectivity index (χ4n) is 2.47. The zero-order valence-corrected chi connectivity index (χ0v) is 15.3. The Bertz CT molecular complexity index is 1030. The highest BCUT2D eigenvalue weighted by Gasteiger charge is 2.11. The van der Waals surface area contributed by atoms with E-state index in [9.17, 15) is 4.39 Å². The highest BCUT2D eigenvalue weighted by molar-refractivity contribution is 7.98. The van der Waals surface area contributed by atoms with Gasteiger partial charge in [0.25, 0.3) is 0 Å². The quantitative estimate of drug-likeness (QED) is 0.298. The van der Waals surface area contributed by atoms with E-state index in [0.717, 1.165) is 42.0 Å². The number of nitrogens with zero attached hydrogens (tertiary/aromatic N) is 2. The molecule has 0 radical (unpaired) electrons. The predicted molar refractivity (Wildman–Crippen MR) is 104 cm³/mol. The summed E-state index contributed by atoms with van der Waals surface area (Å²) in [5, 5.41) is 1.68. The number of benzene rings is 2. The molecular weight excluding hydrogens is 375 g/mol. The molecule has 0 amide bonds. The molecule has 0 bridgehead atoms. The van der Waals surface area contributed by atoms with E-state index in [1.54, 1.807) is 41.6 Å². The van der Waals surface area contributed by atoms with Gasteiger partial charge in [0.05, 0.1) is 10.2 Å². The van der Waals surface area contributed by atoms with Crippen LogP contribution in [0, 0.1) is 5.82 Å². The SMILES string of the molecule is Fc1ccc(-c2cc3ncnc(SCc4cccc(Cl)c4)c3s2)cc1. The van der Waals surface area contributed by atoms with E-state index in [1.807, 2.05) is 24.3 Å². The topological polar surface area (TPSA) is 25.8 Å². The second kappa shape index (κ2) is 7.12. The summed E-state index contributed by atoms with van der Waals surface area (Å²) in [7, 11) is 0. The minimum absolute atomic E-state index is 0.234. The van der Waals surface area contributed by atoms with E-state index in [0.29, 0.717) is 0 Å². The van der Waals surface area contributed by atoms with Crippen molar-refractivity contribution in [1.82, 2.24) is 9.97 Å². The summed E-state index contributed by atoms with van der Waals surface area (Å²) in [5.41, 5.74) is 3.04. The van der Waals surface area contributed by atoms with Crippen molar-refractivity contribution in [2.45, 2.75) is 10.8 Å². The van der Waals surface area contributed by atoms with Gasteiger partial charge in [0.2, 0.25) is 0 Å². The number of thiophene rings is 1. The Labute approximate surface area is 157 Å². The summed E-state index contributed by atoms with van der Waals surface area (Å²) in [5.74, 6) is 0.554. The first-order valence-corrected chi connectivity index (χ1v) is 9.75. The Morgan fingerprint density at radius 1 is 1.04 bits per heavy atom. The van der Waals surface area contributed by atoms with E-state index in [1.165, 1.54) is 12.1 Å². The molecule has 4 rings (SSSR count). The molecule has 0 saturated heterocycles. The van der Waals surface area contributed by atoms with Crippen LogP contribution in [0.1, 0.15) is 5.56 Å². The van der Waals surface area contributed by atoms with Crippen LogP contribution < -0.4 is 0 Å². The molecule has 0 N–H and O–H groups in total. The maximum absolute atomic E-state index is 13.1. The van der Waals surface area contributed by atoms with Crippen LogP contribution in [0.15, 0.2) is 66.0 Å². The van der Waals surface area contributed by atoms with Crippen LogP contribution in [-0.4, -0.2) is 9.97 Å². The third-order valence-electron chi connectivity index (χ3n) is 3.67. The van der Waals surface area contributed by atoms with E-state index < -0.39 is 0 Å². The third kappa shape index (κ3) is 3.68. The van der Waals surface area contributed by atoms with Gasteiger partial charge in [0.15, 0.2) is 0 Å². The van der Waals surface area contributed by atoms with Crippen molar-refractivity contribution in [2.75, 3.05) is 0 Å². The molecule has 0 saturated carbocycles. The first kappa shape index (κ1) is 16.5. The second-order valence-corrected chi connectivity index (χ2v) is 7.88. The minimum Gasteiger partial charge on any atom is -0.235 e. The number of thioether (sulfide) groups is 1. The number of fused-ring (bicyclic) bond motifs is 1. The average Bonchev–Trinajstić information content (AvgIpc) is 3.05. The normalized spacial score (nSPS) is 11.1. The van der Waals surface area contributed by atoms with Gasteiger partial charge in [-0.3, -0.25) is 0 Å². The average molecular weight is 387 g/mol. The van der Waals surface area contributed by atoms with Gasteiger partial charge in [-0.05, 0) is 41.5 Å². The lowest BCUT2D eigenvalue weighted by Crippen LogP contribution is -1.85.